The van der Waals surface area contributed by atoms with Gasteiger partial charge in [0.2, 0.25) is 15.9 Å². The molecule has 0 spiro atoms. The van der Waals surface area contributed by atoms with Crippen LogP contribution in [0.5, 0.6) is 0 Å². The Morgan fingerprint density at radius 2 is 1.94 bits per heavy atom. The monoisotopic (exact) mass is 503 g/mol. The number of thioether (sulfide) groups is 1. The Labute approximate surface area is 202 Å². The molecule has 2 aromatic carbocycles. The molecule has 34 heavy (non-hydrogen) atoms. The average molecular weight is 504 g/mol. The lowest BCUT2D eigenvalue weighted by molar-refractivity contribution is -0.116. The molecule has 7 nitrogen and oxygen atoms in total. The van der Waals surface area contributed by atoms with Gasteiger partial charge in [-0.2, -0.15) is 4.31 Å². The molecule has 2 heterocycles. The van der Waals surface area contributed by atoms with E-state index in [9.17, 15) is 22.4 Å². The number of sulfonamides is 1. The second-order valence-electron chi connectivity index (χ2n) is 8.33. The van der Waals surface area contributed by atoms with Crippen LogP contribution in [-0.2, 0) is 21.2 Å². The molecule has 0 saturated carbocycles. The molecule has 2 amide bonds. The average Bonchev–Trinajstić information content (AvgIpc) is 3.38. The summed E-state index contributed by atoms with van der Waals surface area (Å²) in [4.78, 5) is 23.7. The number of carbonyl (C=O) groups excluding carboxylic acids is 2. The summed E-state index contributed by atoms with van der Waals surface area (Å²) >= 11 is 1.54. The molecule has 0 aromatic heterocycles. The molecule has 180 valence electrons. The number of hydrogen-bond acceptors (Lipinski definition) is 5. The zero-order chi connectivity index (χ0) is 24.3. The fourth-order valence-electron chi connectivity index (χ4n) is 4.28. The van der Waals surface area contributed by atoms with Gasteiger partial charge < -0.3 is 10.6 Å². The highest BCUT2D eigenvalue weighted by atomic mass is 32.2. The fourth-order valence-corrected chi connectivity index (χ4v) is 7.56. The van der Waals surface area contributed by atoms with E-state index in [4.69, 9.17) is 0 Å². The SMILES string of the molecule is C=CC(=O)NC1CC2CN(S(=O)(=O)c3ccc(C(=O)NCCc4ccccc4)c(F)c3)CC2S1. The molecule has 2 aromatic rings. The summed E-state index contributed by atoms with van der Waals surface area (Å²) in [5, 5.41) is 5.51. The predicted molar refractivity (Wildman–Crippen MR) is 129 cm³/mol. The highest BCUT2D eigenvalue weighted by Crippen LogP contribution is 2.43. The Balaban J connectivity index is 1.36. The van der Waals surface area contributed by atoms with Crippen molar-refractivity contribution in [2.75, 3.05) is 19.6 Å². The number of hydrogen-bond donors (Lipinski definition) is 2. The van der Waals surface area contributed by atoms with E-state index in [1.54, 1.807) is 11.8 Å². The van der Waals surface area contributed by atoms with E-state index in [1.807, 2.05) is 30.3 Å². The molecular formula is C24H26FN3O4S2. The molecule has 0 radical (unpaired) electrons. The molecule has 2 aliphatic rings. The molecule has 2 fully saturated rings. The third kappa shape index (κ3) is 5.34. The van der Waals surface area contributed by atoms with Crippen LogP contribution in [0.1, 0.15) is 22.3 Å². The van der Waals surface area contributed by atoms with Gasteiger partial charge in [-0.1, -0.05) is 36.9 Å². The summed E-state index contributed by atoms with van der Waals surface area (Å²) in [6.07, 6.45) is 2.48. The first-order valence-corrected chi connectivity index (χ1v) is 13.4. The maximum Gasteiger partial charge on any atom is 0.254 e. The van der Waals surface area contributed by atoms with Crippen LogP contribution >= 0.6 is 11.8 Å². The molecule has 0 aliphatic carbocycles. The molecular weight excluding hydrogens is 477 g/mol. The molecule has 2 saturated heterocycles. The van der Waals surface area contributed by atoms with Crippen molar-refractivity contribution in [3.8, 4) is 0 Å². The number of rotatable bonds is 8. The van der Waals surface area contributed by atoms with E-state index in [-0.39, 0.29) is 32.9 Å². The third-order valence-electron chi connectivity index (χ3n) is 6.06. The van der Waals surface area contributed by atoms with E-state index in [2.05, 4.69) is 17.2 Å². The second kappa shape index (κ2) is 10.3. The molecule has 3 atom stereocenters. The van der Waals surface area contributed by atoms with E-state index < -0.39 is 21.7 Å². The molecule has 10 heteroatoms. The van der Waals surface area contributed by atoms with Gasteiger partial charge in [0.25, 0.3) is 5.91 Å². The summed E-state index contributed by atoms with van der Waals surface area (Å²) in [6, 6.07) is 13.0. The van der Waals surface area contributed by atoms with Crippen molar-refractivity contribution >= 4 is 33.6 Å². The van der Waals surface area contributed by atoms with Gasteiger partial charge in [-0.05, 0) is 48.6 Å². The van der Waals surface area contributed by atoms with Crippen molar-refractivity contribution in [1.82, 2.24) is 14.9 Å². The van der Waals surface area contributed by atoms with Crippen LogP contribution in [0.25, 0.3) is 0 Å². The molecule has 2 N–H and O–H groups in total. The molecule has 4 rings (SSSR count). The molecule has 0 bridgehead atoms. The Hall–Kier alpha value is -2.69. The fraction of sp³-hybridized carbons (Fsp3) is 0.333. The lowest BCUT2D eigenvalue weighted by atomic mass is 10.1. The summed E-state index contributed by atoms with van der Waals surface area (Å²) in [7, 11) is -3.90. The first-order chi connectivity index (χ1) is 16.3. The normalized spacial score (nSPS) is 22.2. The summed E-state index contributed by atoms with van der Waals surface area (Å²) < 4.78 is 42.3. The van der Waals surface area contributed by atoms with Crippen molar-refractivity contribution < 1.29 is 22.4 Å². The first-order valence-electron chi connectivity index (χ1n) is 11.0. The van der Waals surface area contributed by atoms with Crippen LogP contribution in [0.4, 0.5) is 4.39 Å². The van der Waals surface area contributed by atoms with Crippen molar-refractivity contribution in [3.05, 3.63) is 78.1 Å². The number of halogens is 1. The highest BCUT2D eigenvalue weighted by Gasteiger charge is 2.45. The minimum atomic E-state index is -3.90. The molecule has 3 unspecified atom stereocenters. The number of nitrogens with zero attached hydrogens (tertiary/aromatic N) is 1. The maximum atomic E-state index is 14.7. The van der Waals surface area contributed by atoms with E-state index in [0.29, 0.717) is 32.5 Å². The lowest BCUT2D eigenvalue weighted by Crippen LogP contribution is -2.33. The van der Waals surface area contributed by atoms with E-state index in [1.165, 1.54) is 22.5 Å². The second-order valence-corrected chi connectivity index (χ2v) is 11.7. The van der Waals surface area contributed by atoms with Crippen LogP contribution in [0.3, 0.4) is 0 Å². The smallest absolute Gasteiger partial charge is 0.254 e. The predicted octanol–water partition coefficient (Wildman–Crippen LogP) is 2.55. The Bertz CT molecular complexity index is 1180. The van der Waals surface area contributed by atoms with Crippen LogP contribution in [0.15, 0.2) is 66.1 Å². The van der Waals surface area contributed by atoms with Gasteiger partial charge in [-0.15, -0.1) is 11.8 Å². The van der Waals surface area contributed by atoms with Crippen molar-refractivity contribution in [2.45, 2.75) is 28.4 Å². The number of benzene rings is 2. The summed E-state index contributed by atoms with van der Waals surface area (Å²) in [6.45, 7) is 4.38. The van der Waals surface area contributed by atoms with Crippen LogP contribution < -0.4 is 10.6 Å². The standard InChI is InChI=1S/C24H26FN3O4S2/c1-2-22(29)27-23-12-17-14-28(15-21(17)33-23)34(31,32)18-8-9-19(20(25)13-18)24(30)26-11-10-16-6-4-3-5-7-16/h2-9,13,17,21,23H,1,10-12,14-15H2,(H,26,30)(H,27,29). The number of fused-ring (bicyclic) bond motifs is 1. The van der Waals surface area contributed by atoms with Crippen LogP contribution in [0.2, 0.25) is 0 Å². The number of carbonyl (C=O) groups is 2. The largest absolute Gasteiger partial charge is 0.352 e. The summed E-state index contributed by atoms with van der Waals surface area (Å²) in [5.74, 6) is -1.60. The lowest BCUT2D eigenvalue weighted by Gasteiger charge is -2.19. The maximum absolute atomic E-state index is 14.7. The first kappa shape index (κ1) is 24.4. The Morgan fingerprint density at radius 3 is 2.62 bits per heavy atom. The number of amides is 2. The minimum absolute atomic E-state index is 0.0596. The van der Waals surface area contributed by atoms with Gasteiger partial charge in [-0.3, -0.25) is 9.59 Å². The van der Waals surface area contributed by atoms with Gasteiger partial charge >= 0.3 is 0 Å². The highest BCUT2D eigenvalue weighted by molar-refractivity contribution is 8.00. The number of nitrogens with one attached hydrogen (secondary N) is 2. The Morgan fingerprint density at radius 1 is 1.18 bits per heavy atom. The molecule has 2 aliphatic heterocycles. The quantitative estimate of drug-likeness (QED) is 0.540. The van der Waals surface area contributed by atoms with Gasteiger partial charge in [0.1, 0.15) is 5.82 Å². The van der Waals surface area contributed by atoms with Crippen LogP contribution in [0, 0.1) is 11.7 Å². The zero-order valence-corrected chi connectivity index (χ0v) is 20.1. The van der Waals surface area contributed by atoms with Crippen LogP contribution in [-0.4, -0.2) is 54.8 Å². The van der Waals surface area contributed by atoms with Crippen molar-refractivity contribution in [1.29, 1.82) is 0 Å². The third-order valence-corrected chi connectivity index (χ3v) is 9.41. The van der Waals surface area contributed by atoms with Crippen molar-refractivity contribution in [3.63, 3.8) is 0 Å². The van der Waals surface area contributed by atoms with Gasteiger partial charge in [-0.25, -0.2) is 12.8 Å². The van der Waals surface area contributed by atoms with E-state index >= 15 is 0 Å². The van der Waals surface area contributed by atoms with E-state index in [0.717, 1.165) is 11.6 Å². The Kier molecular flexibility index (Phi) is 7.39. The topological polar surface area (TPSA) is 95.6 Å². The zero-order valence-electron chi connectivity index (χ0n) is 18.4. The van der Waals surface area contributed by atoms with Gasteiger partial charge in [0.05, 0.1) is 15.8 Å². The minimum Gasteiger partial charge on any atom is -0.352 e. The van der Waals surface area contributed by atoms with Crippen molar-refractivity contribution in [2.24, 2.45) is 5.92 Å². The summed E-state index contributed by atoms with van der Waals surface area (Å²) in [5.41, 5.74) is 0.856. The van der Waals surface area contributed by atoms with Gasteiger partial charge in [0.15, 0.2) is 0 Å². The van der Waals surface area contributed by atoms with Gasteiger partial charge in [0, 0.05) is 24.9 Å².